The first-order valence-electron chi connectivity index (χ1n) is 7.04. The number of anilines is 2. The van der Waals surface area contributed by atoms with Crippen LogP contribution in [0, 0.1) is 0 Å². The highest BCUT2D eigenvalue weighted by Crippen LogP contribution is 2.26. The first-order valence-corrected chi connectivity index (χ1v) is 7.04. The van der Waals surface area contributed by atoms with Crippen molar-refractivity contribution in [2.75, 3.05) is 19.1 Å². The van der Waals surface area contributed by atoms with Crippen LogP contribution in [0.15, 0.2) is 36.4 Å². The fourth-order valence-electron chi connectivity index (χ4n) is 2.09. The quantitative estimate of drug-likeness (QED) is 0.914. The van der Waals surface area contributed by atoms with Gasteiger partial charge in [0.2, 0.25) is 0 Å². The average Bonchev–Trinajstić information content (AvgIpc) is 2.53. The Bertz CT molecular complexity index is 594. The van der Waals surface area contributed by atoms with Crippen LogP contribution in [0.2, 0.25) is 0 Å². The van der Waals surface area contributed by atoms with Gasteiger partial charge in [-0.25, -0.2) is 4.98 Å². The minimum absolute atomic E-state index is 0.0195. The first kappa shape index (κ1) is 15.3. The molecular formula is C17H22N2O2. The number of hydrogen-bond acceptors (Lipinski definition) is 4. The van der Waals surface area contributed by atoms with Gasteiger partial charge >= 0.3 is 0 Å². The molecule has 0 aliphatic carbocycles. The summed E-state index contributed by atoms with van der Waals surface area (Å²) in [5.74, 6) is 1.97. The van der Waals surface area contributed by atoms with Crippen molar-refractivity contribution in [3.63, 3.8) is 0 Å². The number of pyridine rings is 1. The molecule has 0 saturated heterocycles. The standard InChI is InChI=1S/C17H22N2O2/c1-12(2)16-9-13(11-20)10-17(18-16)19(3)14-5-7-15(21-4)8-6-14/h5-10,12,20H,11H2,1-4H3. The second-order valence-electron chi connectivity index (χ2n) is 5.33. The summed E-state index contributed by atoms with van der Waals surface area (Å²) in [5, 5.41) is 9.43. The number of aliphatic hydroxyl groups is 1. The summed E-state index contributed by atoms with van der Waals surface area (Å²) >= 11 is 0. The van der Waals surface area contributed by atoms with Crippen LogP contribution in [0.4, 0.5) is 11.5 Å². The molecule has 112 valence electrons. The predicted octanol–water partition coefficient (Wildman–Crippen LogP) is 3.47. The lowest BCUT2D eigenvalue weighted by molar-refractivity contribution is 0.281. The molecule has 21 heavy (non-hydrogen) atoms. The molecule has 1 aromatic heterocycles. The van der Waals surface area contributed by atoms with Gasteiger partial charge in [0, 0.05) is 18.4 Å². The Balaban J connectivity index is 2.36. The number of benzene rings is 1. The first-order chi connectivity index (χ1) is 10.0. The van der Waals surface area contributed by atoms with E-state index in [9.17, 15) is 5.11 Å². The van der Waals surface area contributed by atoms with E-state index < -0.39 is 0 Å². The monoisotopic (exact) mass is 286 g/mol. The molecule has 1 aromatic carbocycles. The molecule has 0 saturated carbocycles. The minimum Gasteiger partial charge on any atom is -0.497 e. The molecule has 2 rings (SSSR count). The van der Waals surface area contributed by atoms with Crippen molar-refractivity contribution >= 4 is 11.5 Å². The van der Waals surface area contributed by atoms with Gasteiger partial charge in [-0.15, -0.1) is 0 Å². The van der Waals surface area contributed by atoms with Crippen LogP contribution in [0.5, 0.6) is 5.75 Å². The molecule has 0 aliphatic rings. The van der Waals surface area contributed by atoms with Crippen molar-refractivity contribution in [1.29, 1.82) is 0 Å². The number of rotatable bonds is 5. The predicted molar refractivity (Wildman–Crippen MR) is 85.3 cm³/mol. The third kappa shape index (κ3) is 3.52. The minimum atomic E-state index is 0.0195. The lowest BCUT2D eigenvalue weighted by atomic mass is 10.1. The molecule has 0 atom stereocenters. The third-order valence-corrected chi connectivity index (χ3v) is 3.47. The topological polar surface area (TPSA) is 45.6 Å². The van der Waals surface area contributed by atoms with Gasteiger partial charge < -0.3 is 14.7 Å². The summed E-state index contributed by atoms with van der Waals surface area (Å²) in [6, 6.07) is 11.7. The molecule has 0 bridgehead atoms. The zero-order chi connectivity index (χ0) is 15.4. The van der Waals surface area contributed by atoms with E-state index in [1.807, 2.05) is 48.3 Å². The molecule has 0 unspecified atom stereocenters. The molecule has 0 aliphatic heterocycles. The van der Waals surface area contributed by atoms with Gasteiger partial charge in [0.15, 0.2) is 0 Å². The summed E-state index contributed by atoms with van der Waals surface area (Å²) in [4.78, 5) is 6.69. The zero-order valence-electron chi connectivity index (χ0n) is 13.0. The van der Waals surface area contributed by atoms with Crippen LogP contribution in [0.3, 0.4) is 0 Å². The van der Waals surface area contributed by atoms with E-state index in [0.717, 1.165) is 28.5 Å². The Kier molecular flexibility index (Phi) is 4.81. The molecule has 4 nitrogen and oxygen atoms in total. The van der Waals surface area contributed by atoms with E-state index >= 15 is 0 Å². The summed E-state index contributed by atoms with van der Waals surface area (Å²) in [5.41, 5.74) is 2.88. The highest BCUT2D eigenvalue weighted by atomic mass is 16.5. The maximum atomic E-state index is 9.43. The van der Waals surface area contributed by atoms with E-state index in [0.29, 0.717) is 5.92 Å². The molecule has 0 radical (unpaired) electrons. The lowest BCUT2D eigenvalue weighted by Gasteiger charge is -2.21. The zero-order valence-corrected chi connectivity index (χ0v) is 13.0. The van der Waals surface area contributed by atoms with E-state index in [1.165, 1.54) is 0 Å². The van der Waals surface area contributed by atoms with Crippen molar-refractivity contribution in [1.82, 2.24) is 4.98 Å². The van der Waals surface area contributed by atoms with Crippen LogP contribution in [0.1, 0.15) is 31.0 Å². The largest absolute Gasteiger partial charge is 0.497 e. The van der Waals surface area contributed by atoms with Gasteiger partial charge in [0.1, 0.15) is 11.6 Å². The maximum Gasteiger partial charge on any atom is 0.133 e. The van der Waals surface area contributed by atoms with Gasteiger partial charge in [-0.05, 0) is 47.9 Å². The molecule has 2 aromatic rings. The van der Waals surface area contributed by atoms with Gasteiger partial charge in [0.05, 0.1) is 13.7 Å². The summed E-state index contributed by atoms with van der Waals surface area (Å²) in [7, 11) is 3.62. The fourth-order valence-corrected chi connectivity index (χ4v) is 2.09. The van der Waals surface area contributed by atoms with Crippen molar-refractivity contribution < 1.29 is 9.84 Å². The number of aromatic nitrogens is 1. The molecular weight excluding hydrogens is 264 g/mol. The highest BCUT2D eigenvalue weighted by Gasteiger charge is 2.11. The molecule has 4 heteroatoms. The second-order valence-corrected chi connectivity index (χ2v) is 5.33. The molecule has 0 spiro atoms. The molecule has 0 fully saturated rings. The van der Waals surface area contributed by atoms with Crippen molar-refractivity contribution in [2.24, 2.45) is 0 Å². The third-order valence-electron chi connectivity index (χ3n) is 3.47. The molecule has 1 N–H and O–H groups in total. The Hall–Kier alpha value is -2.07. The van der Waals surface area contributed by atoms with E-state index in [2.05, 4.69) is 18.8 Å². The number of methoxy groups -OCH3 is 1. The van der Waals surface area contributed by atoms with Crippen LogP contribution in [-0.4, -0.2) is 24.2 Å². The highest BCUT2D eigenvalue weighted by molar-refractivity contribution is 5.60. The average molecular weight is 286 g/mol. The Morgan fingerprint density at radius 2 is 1.86 bits per heavy atom. The van der Waals surface area contributed by atoms with Gasteiger partial charge in [-0.1, -0.05) is 13.8 Å². The number of nitrogens with zero attached hydrogens (tertiary/aromatic N) is 2. The van der Waals surface area contributed by atoms with Gasteiger partial charge in [-0.2, -0.15) is 0 Å². The second kappa shape index (κ2) is 6.59. The van der Waals surface area contributed by atoms with E-state index in [-0.39, 0.29) is 6.61 Å². The normalized spacial score (nSPS) is 10.8. The summed E-state index contributed by atoms with van der Waals surface area (Å²) in [6.45, 7) is 4.22. The van der Waals surface area contributed by atoms with Gasteiger partial charge in [-0.3, -0.25) is 0 Å². The van der Waals surface area contributed by atoms with Crippen molar-refractivity contribution in [3.8, 4) is 5.75 Å². The Morgan fingerprint density at radius 3 is 2.38 bits per heavy atom. The smallest absolute Gasteiger partial charge is 0.133 e. The van der Waals surface area contributed by atoms with Crippen LogP contribution in [-0.2, 0) is 6.61 Å². The number of aliphatic hydroxyl groups excluding tert-OH is 1. The maximum absolute atomic E-state index is 9.43. The molecule has 1 heterocycles. The SMILES string of the molecule is COc1ccc(N(C)c2cc(CO)cc(C(C)C)n2)cc1. The van der Waals surface area contributed by atoms with Crippen LogP contribution >= 0.6 is 0 Å². The molecule has 0 amide bonds. The van der Waals surface area contributed by atoms with Crippen LogP contribution in [0.25, 0.3) is 0 Å². The van der Waals surface area contributed by atoms with E-state index in [4.69, 9.17) is 4.74 Å². The van der Waals surface area contributed by atoms with Crippen LogP contribution < -0.4 is 9.64 Å². The summed E-state index contributed by atoms with van der Waals surface area (Å²) < 4.78 is 5.17. The van der Waals surface area contributed by atoms with Gasteiger partial charge in [0.25, 0.3) is 0 Å². The lowest BCUT2D eigenvalue weighted by Crippen LogP contribution is -2.13. The Morgan fingerprint density at radius 1 is 1.19 bits per heavy atom. The van der Waals surface area contributed by atoms with E-state index in [1.54, 1.807) is 7.11 Å². The fraction of sp³-hybridized carbons (Fsp3) is 0.353. The van der Waals surface area contributed by atoms with Crippen molar-refractivity contribution in [3.05, 3.63) is 47.7 Å². The van der Waals surface area contributed by atoms with Crippen molar-refractivity contribution in [2.45, 2.75) is 26.4 Å². The Labute approximate surface area is 126 Å². The number of ether oxygens (including phenoxy) is 1. The number of hydrogen-bond donors (Lipinski definition) is 1. The summed E-state index contributed by atoms with van der Waals surface area (Å²) in [6.07, 6.45) is 0.